The van der Waals surface area contributed by atoms with Crippen LogP contribution >= 0.6 is 0 Å². The molecule has 4 aliphatic rings. The maximum absolute atomic E-state index is 11.6. The summed E-state index contributed by atoms with van der Waals surface area (Å²) >= 11 is 0. The van der Waals surface area contributed by atoms with Crippen molar-refractivity contribution in [2.24, 2.45) is 41.4 Å². The van der Waals surface area contributed by atoms with Crippen molar-refractivity contribution < 1.29 is 9.53 Å². The molecule has 0 radical (unpaired) electrons. The highest BCUT2D eigenvalue weighted by atomic mass is 16.6. The molecule has 3 heteroatoms. The predicted octanol–water partition coefficient (Wildman–Crippen LogP) is 2.93. The molecule has 106 valence electrons. The van der Waals surface area contributed by atoms with E-state index in [1.165, 1.54) is 18.9 Å². The molecule has 0 amide bonds. The molecule has 4 aliphatic carbocycles. The van der Waals surface area contributed by atoms with Crippen molar-refractivity contribution in [1.29, 1.82) is 5.26 Å². The number of hydrogen-bond acceptors (Lipinski definition) is 3. The van der Waals surface area contributed by atoms with Crippen LogP contribution in [0.4, 0.5) is 0 Å². The van der Waals surface area contributed by atoms with Crippen LogP contribution in [0.1, 0.15) is 32.6 Å². The molecule has 0 aromatic heterocycles. The zero-order valence-corrected chi connectivity index (χ0v) is 11.9. The van der Waals surface area contributed by atoms with Gasteiger partial charge in [0.05, 0.1) is 6.07 Å². The van der Waals surface area contributed by atoms with Gasteiger partial charge in [0.15, 0.2) is 0 Å². The zero-order valence-electron chi connectivity index (χ0n) is 11.9. The minimum Gasteiger partial charge on any atom is -0.456 e. The molecule has 0 N–H and O–H groups in total. The Morgan fingerprint density at radius 2 is 2.15 bits per heavy atom. The molecule has 0 heterocycles. The lowest BCUT2D eigenvalue weighted by Crippen LogP contribution is -2.46. The van der Waals surface area contributed by atoms with Gasteiger partial charge >= 0.3 is 5.97 Å². The summed E-state index contributed by atoms with van der Waals surface area (Å²) in [5.41, 5.74) is -0.288. The fraction of sp³-hybridized carbons (Fsp3) is 0.765. The van der Waals surface area contributed by atoms with Crippen molar-refractivity contribution in [2.75, 3.05) is 0 Å². The SMILES string of the molecule is C=CC(=O)OC1(C)CC2CC1C1C3CC(C#N)C(C3)C21. The smallest absolute Gasteiger partial charge is 0.330 e. The van der Waals surface area contributed by atoms with Crippen molar-refractivity contribution in [1.82, 2.24) is 0 Å². The fourth-order valence-electron chi connectivity index (χ4n) is 6.44. The van der Waals surface area contributed by atoms with Gasteiger partial charge in [0.2, 0.25) is 0 Å². The van der Waals surface area contributed by atoms with Crippen molar-refractivity contribution in [3.8, 4) is 6.07 Å². The van der Waals surface area contributed by atoms with Gasteiger partial charge < -0.3 is 4.74 Å². The summed E-state index contributed by atoms with van der Waals surface area (Å²) < 4.78 is 5.73. The number of carbonyl (C=O) groups is 1. The Morgan fingerprint density at radius 3 is 2.85 bits per heavy atom. The van der Waals surface area contributed by atoms with Crippen LogP contribution < -0.4 is 0 Å². The summed E-state index contributed by atoms with van der Waals surface area (Å²) in [6.45, 7) is 5.63. The van der Waals surface area contributed by atoms with Gasteiger partial charge in [-0.15, -0.1) is 0 Å². The molecule has 20 heavy (non-hydrogen) atoms. The highest BCUT2D eigenvalue weighted by Crippen LogP contribution is 2.71. The Morgan fingerprint density at radius 1 is 1.35 bits per heavy atom. The van der Waals surface area contributed by atoms with Crippen LogP contribution in [-0.2, 0) is 9.53 Å². The van der Waals surface area contributed by atoms with Crippen LogP contribution in [0.3, 0.4) is 0 Å². The Balaban J connectivity index is 1.60. The highest BCUT2D eigenvalue weighted by Gasteiger charge is 2.68. The largest absolute Gasteiger partial charge is 0.456 e. The summed E-state index contributed by atoms with van der Waals surface area (Å²) in [7, 11) is 0. The Labute approximate surface area is 120 Å². The molecule has 0 spiro atoms. The lowest BCUT2D eigenvalue weighted by atomic mass is 9.64. The number of nitriles is 1. The van der Waals surface area contributed by atoms with Crippen molar-refractivity contribution in [2.45, 2.75) is 38.2 Å². The second-order valence-corrected chi connectivity index (χ2v) is 7.53. The molecule has 4 saturated carbocycles. The minimum absolute atomic E-state index is 0.283. The minimum atomic E-state index is -0.288. The number of nitrogens with zero attached hydrogens (tertiary/aromatic N) is 1. The van der Waals surface area contributed by atoms with Crippen molar-refractivity contribution in [3.05, 3.63) is 12.7 Å². The van der Waals surface area contributed by atoms with Gasteiger partial charge in [0.1, 0.15) is 5.60 Å². The molecule has 8 atom stereocenters. The fourth-order valence-corrected chi connectivity index (χ4v) is 6.44. The first-order valence-electron chi connectivity index (χ1n) is 7.82. The van der Waals surface area contributed by atoms with Gasteiger partial charge in [-0.2, -0.15) is 5.26 Å². The maximum atomic E-state index is 11.6. The lowest BCUT2D eigenvalue weighted by Gasteiger charge is -2.44. The first kappa shape index (κ1) is 12.4. The molecule has 0 saturated heterocycles. The summed E-state index contributed by atoms with van der Waals surface area (Å²) in [4.78, 5) is 11.6. The maximum Gasteiger partial charge on any atom is 0.330 e. The molecule has 0 aliphatic heterocycles. The molecular formula is C17H21NO2. The predicted molar refractivity (Wildman–Crippen MR) is 73.2 cm³/mol. The number of esters is 1. The second kappa shape index (κ2) is 3.87. The molecule has 0 aromatic carbocycles. The first-order valence-corrected chi connectivity index (χ1v) is 7.82. The standard InChI is InChI=1S/C17H21NO2/c1-3-14(19)20-17(2)7-10-6-13(17)16-9-4-11(8-18)12(5-9)15(10)16/h3,9-13,15-16H,1,4-7H2,2H3. The third-order valence-corrected chi connectivity index (χ3v) is 6.82. The van der Waals surface area contributed by atoms with Gasteiger partial charge in [0, 0.05) is 17.9 Å². The summed E-state index contributed by atoms with van der Waals surface area (Å²) in [6, 6.07) is 2.53. The van der Waals surface area contributed by atoms with Gasteiger partial charge in [-0.05, 0) is 62.2 Å². The van der Waals surface area contributed by atoms with Gasteiger partial charge in [-0.3, -0.25) is 0 Å². The van der Waals surface area contributed by atoms with Gasteiger partial charge in [0.25, 0.3) is 0 Å². The first-order chi connectivity index (χ1) is 9.57. The van der Waals surface area contributed by atoms with Crippen molar-refractivity contribution >= 4 is 5.97 Å². The normalized spacial score (nSPS) is 54.5. The topological polar surface area (TPSA) is 50.1 Å². The summed E-state index contributed by atoms with van der Waals surface area (Å²) in [5.74, 6) is 3.95. The van der Waals surface area contributed by atoms with E-state index in [0.29, 0.717) is 35.5 Å². The van der Waals surface area contributed by atoms with E-state index in [1.54, 1.807) is 0 Å². The van der Waals surface area contributed by atoms with Crippen LogP contribution in [0, 0.1) is 52.8 Å². The van der Waals surface area contributed by atoms with E-state index in [4.69, 9.17) is 4.74 Å². The zero-order chi connectivity index (χ0) is 14.1. The molecule has 8 unspecified atom stereocenters. The highest BCUT2D eigenvalue weighted by molar-refractivity contribution is 5.81. The Hall–Kier alpha value is -1.30. The number of rotatable bonds is 2. The number of carbonyl (C=O) groups excluding carboxylic acids is 1. The number of fused-ring (bicyclic) bond motifs is 9. The molecule has 3 nitrogen and oxygen atoms in total. The second-order valence-electron chi connectivity index (χ2n) is 7.53. The van der Waals surface area contributed by atoms with Crippen LogP contribution in [0.2, 0.25) is 0 Å². The van der Waals surface area contributed by atoms with E-state index >= 15 is 0 Å². The van der Waals surface area contributed by atoms with Crippen LogP contribution in [0.5, 0.6) is 0 Å². The van der Waals surface area contributed by atoms with Gasteiger partial charge in [-0.25, -0.2) is 4.79 Å². The molecule has 4 rings (SSSR count). The van der Waals surface area contributed by atoms with Crippen LogP contribution in [0.15, 0.2) is 12.7 Å². The van der Waals surface area contributed by atoms with Gasteiger partial charge in [-0.1, -0.05) is 6.58 Å². The molecular weight excluding hydrogens is 250 g/mol. The Kier molecular flexibility index (Phi) is 2.41. The molecule has 4 bridgehead atoms. The lowest BCUT2D eigenvalue weighted by molar-refractivity contribution is -0.162. The van der Waals surface area contributed by atoms with E-state index < -0.39 is 0 Å². The average molecular weight is 271 g/mol. The third kappa shape index (κ3) is 1.38. The van der Waals surface area contributed by atoms with Crippen molar-refractivity contribution in [3.63, 3.8) is 0 Å². The van der Waals surface area contributed by atoms with Crippen LogP contribution in [-0.4, -0.2) is 11.6 Å². The molecule has 4 fully saturated rings. The van der Waals surface area contributed by atoms with E-state index in [0.717, 1.165) is 18.8 Å². The van der Waals surface area contributed by atoms with E-state index in [9.17, 15) is 10.1 Å². The number of ether oxygens (including phenoxy) is 1. The Bertz CT molecular complexity index is 522. The van der Waals surface area contributed by atoms with E-state index in [1.807, 2.05) is 0 Å². The van der Waals surface area contributed by atoms with E-state index in [2.05, 4.69) is 19.6 Å². The average Bonchev–Trinajstić information content (AvgIpc) is 3.13. The summed E-state index contributed by atoms with van der Waals surface area (Å²) in [6.07, 6.45) is 5.78. The molecule has 0 aromatic rings. The quantitative estimate of drug-likeness (QED) is 0.441. The third-order valence-electron chi connectivity index (χ3n) is 6.82. The monoisotopic (exact) mass is 271 g/mol. The number of hydrogen-bond donors (Lipinski definition) is 0. The van der Waals surface area contributed by atoms with E-state index in [-0.39, 0.29) is 11.6 Å². The summed E-state index contributed by atoms with van der Waals surface area (Å²) in [5, 5.41) is 9.30. The van der Waals surface area contributed by atoms with Crippen LogP contribution in [0.25, 0.3) is 0 Å².